The quantitative estimate of drug-likeness (QED) is 0.433. The molecule has 0 unspecified atom stereocenters. The molecule has 6 heteroatoms. The summed E-state index contributed by atoms with van der Waals surface area (Å²) in [5.41, 5.74) is 6.72. The second kappa shape index (κ2) is 6.70. The van der Waals surface area contributed by atoms with Crippen LogP contribution in [0.2, 0.25) is 0 Å². The fraction of sp³-hybridized carbons (Fsp3) is 0.417. The monoisotopic (exact) mass is 251 g/mol. The lowest BCUT2D eigenvalue weighted by Crippen LogP contribution is -2.18. The van der Waals surface area contributed by atoms with Gasteiger partial charge in [-0.3, -0.25) is 14.9 Å². The van der Waals surface area contributed by atoms with E-state index in [1.165, 1.54) is 6.07 Å². The molecule has 0 bridgehead atoms. The van der Waals surface area contributed by atoms with Crippen molar-refractivity contribution in [3.05, 3.63) is 39.4 Å². The maximum Gasteiger partial charge on any atom is 0.272 e. The van der Waals surface area contributed by atoms with Crippen LogP contribution in [0.25, 0.3) is 0 Å². The van der Waals surface area contributed by atoms with Crippen molar-refractivity contribution in [2.45, 2.75) is 26.3 Å². The van der Waals surface area contributed by atoms with Gasteiger partial charge in [0.05, 0.1) is 4.92 Å². The lowest BCUT2D eigenvalue weighted by Gasteiger charge is -2.07. The Balaban J connectivity index is 2.50. The summed E-state index contributed by atoms with van der Waals surface area (Å²) < 4.78 is 0. The van der Waals surface area contributed by atoms with Gasteiger partial charge in [0, 0.05) is 24.6 Å². The van der Waals surface area contributed by atoms with E-state index >= 15 is 0 Å². The van der Waals surface area contributed by atoms with Crippen LogP contribution in [-0.2, 0) is 11.3 Å². The number of primary amides is 1. The van der Waals surface area contributed by atoms with Crippen molar-refractivity contribution >= 4 is 11.6 Å². The van der Waals surface area contributed by atoms with E-state index in [1.54, 1.807) is 13.0 Å². The first kappa shape index (κ1) is 14.1. The fourth-order valence-electron chi connectivity index (χ4n) is 1.67. The van der Waals surface area contributed by atoms with E-state index in [4.69, 9.17) is 5.73 Å². The van der Waals surface area contributed by atoms with Gasteiger partial charge in [0.2, 0.25) is 5.91 Å². The maximum absolute atomic E-state index is 10.8. The zero-order chi connectivity index (χ0) is 13.5. The standard InChI is InChI=1S/C12H17N3O3/c1-9-10(4-2-5-11(9)15(17)18)8-14-7-3-6-12(13)16/h2,4-5,14H,3,6-8H2,1H3,(H2,13,16). The first-order valence-corrected chi connectivity index (χ1v) is 5.74. The Morgan fingerprint density at radius 2 is 2.22 bits per heavy atom. The molecule has 0 saturated carbocycles. The van der Waals surface area contributed by atoms with E-state index in [0.29, 0.717) is 31.5 Å². The number of carbonyl (C=O) groups is 1. The summed E-state index contributed by atoms with van der Waals surface area (Å²) in [4.78, 5) is 20.9. The molecular formula is C12H17N3O3. The van der Waals surface area contributed by atoms with E-state index in [1.807, 2.05) is 6.07 Å². The minimum Gasteiger partial charge on any atom is -0.370 e. The molecule has 1 amide bonds. The van der Waals surface area contributed by atoms with Gasteiger partial charge in [0.25, 0.3) is 5.69 Å². The second-order valence-corrected chi connectivity index (χ2v) is 4.07. The Kier molecular flexibility index (Phi) is 5.26. The number of nitrogens with zero attached hydrogens (tertiary/aromatic N) is 1. The summed E-state index contributed by atoms with van der Waals surface area (Å²) in [7, 11) is 0. The minimum absolute atomic E-state index is 0.131. The summed E-state index contributed by atoms with van der Waals surface area (Å²) in [6.07, 6.45) is 1.02. The SMILES string of the molecule is Cc1c(CNCCCC(N)=O)cccc1[N+](=O)[O-]. The molecule has 1 aromatic rings. The zero-order valence-electron chi connectivity index (χ0n) is 10.3. The second-order valence-electron chi connectivity index (χ2n) is 4.07. The molecule has 0 aliphatic carbocycles. The number of carbonyl (C=O) groups excluding carboxylic acids is 1. The van der Waals surface area contributed by atoms with Crippen LogP contribution >= 0.6 is 0 Å². The number of nitro benzene ring substituents is 1. The van der Waals surface area contributed by atoms with E-state index in [9.17, 15) is 14.9 Å². The molecule has 1 rings (SSSR count). The Morgan fingerprint density at radius 1 is 1.50 bits per heavy atom. The third-order valence-corrected chi connectivity index (χ3v) is 2.71. The molecule has 18 heavy (non-hydrogen) atoms. The third-order valence-electron chi connectivity index (χ3n) is 2.71. The van der Waals surface area contributed by atoms with Gasteiger partial charge in [-0.25, -0.2) is 0 Å². The van der Waals surface area contributed by atoms with Crippen LogP contribution in [0.1, 0.15) is 24.0 Å². The number of nitrogens with two attached hydrogens (primary N) is 1. The lowest BCUT2D eigenvalue weighted by molar-refractivity contribution is -0.385. The van der Waals surface area contributed by atoms with Crippen LogP contribution in [0.3, 0.4) is 0 Å². The van der Waals surface area contributed by atoms with Crippen LogP contribution in [0, 0.1) is 17.0 Å². The van der Waals surface area contributed by atoms with Crippen LogP contribution < -0.4 is 11.1 Å². The zero-order valence-corrected chi connectivity index (χ0v) is 10.3. The number of nitro groups is 1. The lowest BCUT2D eigenvalue weighted by atomic mass is 10.1. The molecule has 0 saturated heterocycles. The van der Waals surface area contributed by atoms with Crippen molar-refractivity contribution in [3.8, 4) is 0 Å². The number of hydrogen-bond acceptors (Lipinski definition) is 4. The normalized spacial score (nSPS) is 10.3. The van der Waals surface area contributed by atoms with Gasteiger partial charge >= 0.3 is 0 Å². The molecule has 0 atom stereocenters. The number of amides is 1. The highest BCUT2D eigenvalue weighted by molar-refractivity contribution is 5.73. The smallest absolute Gasteiger partial charge is 0.272 e. The van der Waals surface area contributed by atoms with E-state index < -0.39 is 0 Å². The van der Waals surface area contributed by atoms with Crippen molar-refractivity contribution in [1.29, 1.82) is 0 Å². The van der Waals surface area contributed by atoms with E-state index in [-0.39, 0.29) is 16.5 Å². The number of nitrogens with one attached hydrogen (secondary N) is 1. The third kappa shape index (κ3) is 4.14. The van der Waals surface area contributed by atoms with Crippen molar-refractivity contribution < 1.29 is 9.72 Å². The maximum atomic E-state index is 10.8. The predicted octanol–water partition coefficient (Wildman–Crippen LogP) is 1.26. The van der Waals surface area contributed by atoms with Gasteiger partial charge in [0.15, 0.2) is 0 Å². The Labute approximate surface area is 105 Å². The fourth-order valence-corrected chi connectivity index (χ4v) is 1.67. The summed E-state index contributed by atoms with van der Waals surface area (Å²) in [5.74, 6) is -0.316. The molecule has 98 valence electrons. The Morgan fingerprint density at radius 3 is 2.83 bits per heavy atom. The first-order chi connectivity index (χ1) is 8.52. The van der Waals surface area contributed by atoms with Gasteiger partial charge < -0.3 is 11.1 Å². The Hall–Kier alpha value is -1.95. The molecule has 0 aliphatic heterocycles. The number of rotatable bonds is 7. The largest absolute Gasteiger partial charge is 0.370 e. The van der Waals surface area contributed by atoms with E-state index in [0.717, 1.165) is 5.56 Å². The predicted molar refractivity (Wildman–Crippen MR) is 68.0 cm³/mol. The van der Waals surface area contributed by atoms with Gasteiger partial charge in [-0.15, -0.1) is 0 Å². The number of hydrogen-bond donors (Lipinski definition) is 2. The first-order valence-electron chi connectivity index (χ1n) is 5.74. The molecule has 0 aliphatic rings. The average molecular weight is 251 g/mol. The summed E-state index contributed by atoms with van der Waals surface area (Å²) in [6.45, 7) is 2.94. The van der Waals surface area contributed by atoms with Crippen molar-refractivity contribution in [2.24, 2.45) is 5.73 Å². The highest BCUT2D eigenvalue weighted by Gasteiger charge is 2.12. The molecule has 1 aromatic carbocycles. The Bertz CT molecular complexity index is 446. The average Bonchev–Trinajstić information content (AvgIpc) is 2.30. The highest BCUT2D eigenvalue weighted by atomic mass is 16.6. The highest BCUT2D eigenvalue weighted by Crippen LogP contribution is 2.20. The molecule has 0 radical (unpaired) electrons. The minimum atomic E-state index is -0.383. The van der Waals surface area contributed by atoms with Crippen LogP contribution in [-0.4, -0.2) is 17.4 Å². The van der Waals surface area contributed by atoms with Crippen LogP contribution in [0.5, 0.6) is 0 Å². The van der Waals surface area contributed by atoms with Crippen LogP contribution in [0.4, 0.5) is 5.69 Å². The molecule has 0 spiro atoms. The van der Waals surface area contributed by atoms with Crippen molar-refractivity contribution in [1.82, 2.24) is 5.32 Å². The molecule has 3 N–H and O–H groups in total. The topological polar surface area (TPSA) is 98.3 Å². The molecule has 0 heterocycles. The van der Waals surface area contributed by atoms with Crippen molar-refractivity contribution in [2.75, 3.05) is 6.54 Å². The van der Waals surface area contributed by atoms with Crippen LogP contribution in [0.15, 0.2) is 18.2 Å². The van der Waals surface area contributed by atoms with Gasteiger partial charge in [-0.2, -0.15) is 0 Å². The van der Waals surface area contributed by atoms with Gasteiger partial charge in [-0.1, -0.05) is 12.1 Å². The summed E-state index contributed by atoms with van der Waals surface area (Å²) in [5, 5.41) is 13.9. The van der Waals surface area contributed by atoms with Crippen molar-refractivity contribution in [3.63, 3.8) is 0 Å². The molecule has 0 aromatic heterocycles. The molecule has 0 fully saturated rings. The molecular weight excluding hydrogens is 234 g/mol. The van der Waals surface area contributed by atoms with E-state index in [2.05, 4.69) is 5.32 Å². The summed E-state index contributed by atoms with van der Waals surface area (Å²) in [6, 6.07) is 5.01. The van der Waals surface area contributed by atoms with Gasteiger partial charge in [-0.05, 0) is 25.5 Å². The summed E-state index contributed by atoms with van der Waals surface area (Å²) >= 11 is 0. The number of benzene rings is 1. The molecule has 6 nitrogen and oxygen atoms in total. The van der Waals surface area contributed by atoms with Gasteiger partial charge in [0.1, 0.15) is 0 Å².